The molecule has 2 radical (unpaired) electrons. The number of aromatic carboxylic acids is 2. The number of carboxylic acids is 2. The van der Waals surface area contributed by atoms with Crippen molar-refractivity contribution in [1.29, 1.82) is 10.5 Å². The number of nitrogens with zero attached hydrogens (tertiary/aromatic N) is 10. The van der Waals surface area contributed by atoms with E-state index in [9.17, 15) is 37.7 Å². The summed E-state index contributed by atoms with van der Waals surface area (Å²) in [5.74, 6) is -2.11. The maximum atomic E-state index is 13.2. The Morgan fingerprint density at radius 2 is 0.892 bits per heavy atom. The Hall–Kier alpha value is -13.0. The molecule has 0 amide bonds. The van der Waals surface area contributed by atoms with Gasteiger partial charge in [-0.15, -0.1) is 24.3 Å². The zero-order valence-electron chi connectivity index (χ0n) is 65.7. The first-order valence-corrected chi connectivity index (χ1v) is 39.0. The van der Waals surface area contributed by atoms with E-state index < -0.39 is 35.2 Å². The maximum absolute atomic E-state index is 13.2. The Bertz CT molecular complexity index is 5510. The molecule has 0 aliphatic carbocycles. The SMILES string of the molecule is Fc1c[c-]c(-c2ccccn2)c(F)c1.Fc1c[c-]c(-c2ccccn2)c(F)c1.[C-]#[N+]/C(C#N)=C1/C=C(C)OC(/C=C/c2cc3c4c(c2-c2ccc(CCCc5ccc(C(=O)O)nc5)cc2)CCCN4CCC3)=C1.[C-]#[N+]/C(C#N)=C1/C=C(C)OC(/C=C/c2cc3c4c(c2-c2ccc(CCCc5ccc(C(=O)O)nc5)cc2)CCCN4CCC3)=C1.[Ir].[Ir]. The number of ether oxygens (including phenoxy) is 2. The molecule has 16 nitrogen and oxygen atoms in total. The summed E-state index contributed by atoms with van der Waals surface area (Å²) < 4.78 is 63.5. The zero-order chi connectivity index (χ0) is 82.6. The van der Waals surface area contributed by atoms with Crippen molar-refractivity contribution in [2.75, 3.05) is 36.0 Å². The molecule has 0 fully saturated rings. The number of pyridine rings is 4. The number of rotatable bonds is 18. The number of hydrogen-bond acceptors (Lipinski definition) is 12. The molecule has 0 spiro atoms. The van der Waals surface area contributed by atoms with Gasteiger partial charge in [0.05, 0.1) is 25.3 Å². The quantitative estimate of drug-likeness (QED) is 0.0466. The van der Waals surface area contributed by atoms with E-state index in [4.69, 9.17) is 32.8 Å². The van der Waals surface area contributed by atoms with Crippen molar-refractivity contribution in [3.63, 3.8) is 0 Å². The van der Waals surface area contributed by atoms with Crippen LogP contribution in [0, 0.1) is 71.2 Å². The summed E-state index contributed by atoms with van der Waals surface area (Å²) in [6.07, 6.45) is 35.7. The molecule has 606 valence electrons. The van der Waals surface area contributed by atoms with Gasteiger partial charge >= 0.3 is 11.9 Å². The normalized spacial score (nSPS) is 14.8. The van der Waals surface area contributed by atoms with Crippen LogP contribution in [0.15, 0.2) is 252 Å². The number of carbonyl (C=O) groups is 2. The van der Waals surface area contributed by atoms with Crippen LogP contribution in [-0.2, 0) is 101 Å². The van der Waals surface area contributed by atoms with Crippen molar-refractivity contribution < 1.29 is 87.0 Å². The van der Waals surface area contributed by atoms with Crippen LogP contribution in [0.4, 0.5) is 28.9 Å². The minimum atomic E-state index is -1.01. The fraction of sp³-hybridized carbons (Fsp3) is 0.204. The Balaban J connectivity index is 0.000000175. The molecule has 6 aromatic carbocycles. The van der Waals surface area contributed by atoms with Gasteiger partial charge in [-0.3, -0.25) is 17.6 Å². The number of hydrogen-bond donors (Lipinski definition) is 2. The van der Waals surface area contributed by atoms with E-state index in [1.54, 1.807) is 97.6 Å². The van der Waals surface area contributed by atoms with Crippen molar-refractivity contribution in [3.8, 4) is 56.9 Å². The molecular formula is C98H80F4Ir2N10O6-2. The van der Waals surface area contributed by atoms with E-state index >= 15 is 0 Å². The summed E-state index contributed by atoms with van der Waals surface area (Å²) in [6.45, 7) is 22.8. The average molecular weight is 1950 g/mol. The van der Waals surface area contributed by atoms with Crippen LogP contribution >= 0.6 is 0 Å². The van der Waals surface area contributed by atoms with E-state index in [1.165, 1.54) is 67.0 Å². The van der Waals surface area contributed by atoms with E-state index in [1.807, 2.05) is 50.3 Å². The molecule has 0 saturated heterocycles. The second-order valence-electron chi connectivity index (χ2n) is 28.9. The van der Waals surface area contributed by atoms with Gasteiger partial charge < -0.3 is 39.5 Å². The Labute approximate surface area is 722 Å². The average Bonchev–Trinajstić information content (AvgIpc) is 0.752. The monoisotopic (exact) mass is 1950 g/mol. The van der Waals surface area contributed by atoms with Gasteiger partial charge in [0.15, 0.2) is 0 Å². The third-order valence-corrected chi connectivity index (χ3v) is 20.8. The molecule has 22 heteroatoms. The molecule has 2 N–H and O–H groups in total. The van der Waals surface area contributed by atoms with Crippen molar-refractivity contribution in [1.82, 2.24) is 19.9 Å². The molecule has 4 aromatic heterocycles. The topological polar surface area (TPSA) is 207 Å². The van der Waals surface area contributed by atoms with E-state index in [0.29, 0.717) is 45.6 Å². The summed E-state index contributed by atoms with van der Waals surface area (Å²) in [6, 6.07) is 52.3. The molecule has 0 saturated carbocycles. The van der Waals surface area contributed by atoms with Crippen LogP contribution < -0.4 is 9.80 Å². The Morgan fingerprint density at radius 1 is 0.508 bits per heavy atom. The zero-order valence-corrected chi connectivity index (χ0v) is 70.5. The number of aromatic nitrogens is 4. The van der Waals surface area contributed by atoms with E-state index in [0.717, 1.165) is 163 Å². The molecule has 0 bridgehead atoms. The predicted octanol–water partition coefficient (Wildman–Crippen LogP) is 21.3. The largest absolute Gasteiger partial charge is 0.477 e. The Morgan fingerprint density at radius 3 is 1.23 bits per heavy atom. The smallest absolute Gasteiger partial charge is 0.354 e. The minimum Gasteiger partial charge on any atom is -0.477 e. The molecule has 6 aliphatic rings. The van der Waals surface area contributed by atoms with Gasteiger partial charge in [0, 0.05) is 126 Å². The number of halogens is 4. The Kier molecular flexibility index (Phi) is 30.6. The second kappa shape index (κ2) is 41.9. The number of anilines is 2. The fourth-order valence-electron chi connectivity index (χ4n) is 15.5. The molecule has 120 heavy (non-hydrogen) atoms. The van der Waals surface area contributed by atoms with Crippen molar-refractivity contribution >= 4 is 35.5 Å². The third-order valence-electron chi connectivity index (χ3n) is 20.8. The minimum absolute atomic E-state index is 0. The standard InChI is InChI=1S/2C38H34N4O3.2C11H6F2N.2Ir/c2*1-25-20-31(35(23-39)40-2)22-32(45-25)16-15-29-21-30-8-4-18-42-19-5-9-33(37(30)42)36(29)28-13-10-26(11-14-28)6-3-7-27-12-17-34(38(43)44)41-24-27;2*12-8-4-5-9(10(13)7-8)11-3-1-2-6-14-11;;/h2*10-17,20-22,24H,3-9,18-19H2,1H3,(H,43,44);2*1-4,6-7H;;/q;;2*-1;;/b2*16-15+,35-31-;;;;. The van der Waals surface area contributed by atoms with Gasteiger partial charge in [-0.05, 0) is 277 Å². The molecular weight excluding hydrogens is 1870 g/mol. The van der Waals surface area contributed by atoms with Crippen LogP contribution in [-0.4, -0.2) is 68.3 Å². The number of nitriles is 2. The molecule has 16 rings (SSSR count). The third kappa shape index (κ3) is 22.0. The fourth-order valence-corrected chi connectivity index (χ4v) is 15.5. The van der Waals surface area contributed by atoms with Gasteiger partial charge in [0.1, 0.15) is 34.4 Å². The number of benzene rings is 6. The van der Waals surface area contributed by atoms with Crippen LogP contribution in [0.3, 0.4) is 0 Å². The molecule has 10 heterocycles. The van der Waals surface area contributed by atoms with E-state index in [-0.39, 0.29) is 74.1 Å². The molecule has 6 aliphatic heterocycles. The van der Waals surface area contributed by atoms with Crippen LogP contribution in [0.1, 0.15) is 129 Å². The van der Waals surface area contributed by atoms with Gasteiger partial charge in [0.2, 0.25) is 0 Å². The summed E-state index contributed by atoms with van der Waals surface area (Å²) >= 11 is 0. The van der Waals surface area contributed by atoms with Crippen LogP contribution in [0.25, 0.3) is 66.6 Å². The first-order valence-electron chi connectivity index (χ1n) is 39.0. The van der Waals surface area contributed by atoms with Crippen molar-refractivity contribution in [3.05, 3.63) is 378 Å². The van der Waals surface area contributed by atoms with Gasteiger partial charge in [-0.2, -0.15) is 0 Å². The van der Waals surface area contributed by atoms with Crippen molar-refractivity contribution in [2.45, 2.75) is 104 Å². The van der Waals surface area contributed by atoms with Gasteiger partial charge in [-0.25, -0.2) is 39.8 Å². The summed E-state index contributed by atoms with van der Waals surface area (Å²) in [5, 5.41) is 37.0. The van der Waals surface area contributed by atoms with Gasteiger partial charge in [0.25, 0.3) is 11.4 Å². The van der Waals surface area contributed by atoms with Crippen LogP contribution in [0.2, 0.25) is 0 Å². The summed E-state index contributed by atoms with van der Waals surface area (Å²) in [4.78, 5) is 50.0. The second-order valence-corrected chi connectivity index (χ2v) is 28.9. The van der Waals surface area contributed by atoms with Gasteiger partial charge in [-0.1, -0.05) is 120 Å². The first kappa shape index (κ1) is 87.8. The van der Waals surface area contributed by atoms with E-state index in [2.05, 4.69) is 124 Å². The number of aryl methyl sites for hydroxylation is 6. The molecule has 0 atom stereocenters. The number of allylic oxidation sites excluding steroid dienone is 12. The molecule has 0 unspecified atom stereocenters. The first-order chi connectivity index (χ1) is 57.4. The van der Waals surface area contributed by atoms with Crippen LogP contribution in [0.5, 0.6) is 0 Å². The predicted molar refractivity (Wildman–Crippen MR) is 447 cm³/mol. The molecule has 10 aromatic rings. The maximum Gasteiger partial charge on any atom is 0.354 e. The summed E-state index contributed by atoms with van der Waals surface area (Å²) in [5.41, 5.74) is 22.9. The number of carboxylic acid groups (broad SMARTS) is 2. The van der Waals surface area contributed by atoms with Crippen molar-refractivity contribution in [2.24, 2.45) is 0 Å². The summed E-state index contributed by atoms with van der Waals surface area (Å²) in [7, 11) is 0.